The molecule has 1 unspecified atom stereocenters. The van der Waals surface area contributed by atoms with Crippen LogP contribution in [-0.4, -0.2) is 11.0 Å². The van der Waals surface area contributed by atoms with Crippen molar-refractivity contribution in [3.63, 3.8) is 0 Å². The first-order chi connectivity index (χ1) is 10.1. The number of aryl methyl sites for hydroxylation is 1. The van der Waals surface area contributed by atoms with Crippen molar-refractivity contribution in [2.24, 2.45) is 5.73 Å². The summed E-state index contributed by atoms with van der Waals surface area (Å²) in [5.41, 5.74) is 8.23. The summed E-state index contributed by atoms with van der Waals surface area (Å²) in [7, 11) is 0. The van der Waals surface area contributed by atoms with E-state index in [1.54, 1.807) is 12.1 Å². The molecule has 5 heteroatoms. The Kier molecular flexibility index (Phi) is 5.47. The quantitative estimate of drug-likeness (QED) is 0.636. The van der Waals surface area contributed by atoms with Crippen molar-refractivity contribution in [3.05, 3.63) is 74.2 Å². The van der Waals surface area contributed by atoms with Gasteiger partial charge in [-0.15, -0.1) is 0 Å². The third kappa shape index (κ3) is 4.65. The first-order valence-corrected chi connectivity index (χ1v) is 7.58. The molecule has 21 heavy (non-hydrogen) atoms. The van der Waals surface area contributed by atoms with E-state index in [9.17, 15) is 10.1 Å². The largest absolute Gasteiger partial charge is 0.327 e. The number of rotatable bonds is 6. The van der Waals surface area contributed by atoms with E-state index in [4.69, 9.17) is 5.73 Å². The fourth-order valence-electron chi connectivity index (χ4n) is 2.27. The molecule has 0 saturated heterocycles. The predicted octanol–water partition coefficient (Wildman–Crippen LogP) is 3.86. The maximum absolute atomic E-state index is 11.0. The standard InChI is InChI=1S/C16H17BrN2O2/c17-14-8-5-12(6-9-14)11-15(18)10-7-13-3-1-2-4-16(13)19(20)21/h1-6,8-9,15H,7,10-11,18H2. The smallest absolute Gasteiger partial charge is 0.272 e. The van der Waals surface area contributed by atoms with Gasteiger partial charge in [0.1, 0.15) is 0 Å². The number of hydrogen-bond acceptors (Lipinski definition) is 3. The molecule has 2 N–H and O–H groups in total. The summed E-state index contributed by atoms with van der Waals surface area (Å²) < 4.78 is 1.04. The topological polar surface area (TPSA) is 69.2 Å². The predicted molar refractivity (Wildman–Crippen MR) is 87.2 cm³/mol. The van der Waals surface area contributed by atoms with Crippen molar-refractivity contribution in [1.29, 1.82) is 0 Å². The zero-order chi connectivity index (χ0) is 15.2. The Hall–Kier alpha value is -1.72. The number of halogens is 1. The molecule has 0 heterocycles. The van der Waals surface area contributed by atoms with Crippen molar-refractivity contribution < 1.29 is 4.92 Å². The van der Waals surface area contributed by atoms with E-state index in [-0.39, 0.29) is 16.7 Å². The molecule has 0 aliphatic heterocycles. The van der Waals surface area contributed by atoms with Gasteiger partial charge in [-0.05, 0) is 37.0 Å². The van der Waals surface area contributed by atoms with Gasteiger partial charge < -0.3 is 5.73 Å². The minimum absolute atomic E-state index is 0.00835. The molecule has 0 aliphatic carbocycles. The zero-order valence-corrected chi connectivity index (χ0v) is 13.1. The first kappa shape index (κ1) is 15.7. The van der Waals surface area contributed by atoms with Crippen LogP contribution in [0.1, 0.15) is 17.5 Å². The van der Waals surface area contributed by atoms with Gasteiger partial charge in [-0.2, -0.15) is 0 Å². The number of hydrogen-bond donors (Lipinski definition) is 1. The monoisotopic (exact) mass is 348 g/mol. The molecule has 0 amide bonds. The highest BCUT2D eigenvalue weighted by Gasteiger charge is 2.13. The first-order valence-electron chi connectivity index (χ1n) is 6.78. The fraction of sp³-hybridized carbons (Fsp3) is 0.250. The lowest BCUT2D eigenvalue weighted by molar-refractivity contribution is -0.385. The molecule has 2 aromatic rings. The molecule has 0 radical (unpaired) electrons. The van der Waals surface area contributed by atoms with Crippen LogP contribution in [0.4, 0.5) is 5.69 Å². The Bertz CT molecular complexity index is 614. The van der Waals surface area contributed by atoms with Crippen LogP contribution in [0.3, 0.4) is 0 Å². The molecule has 0 spiro atoms. The van der Waals surface area contributed by atoms with Gasteiger partial charge in [0.25, 0.3) is 5.69 Å². The summed E-state index contributed by atoms with van der Waals surface area (Å²) in [4.78, 5) is 10.6. The molecular formula is C16H17BrN2O2. The van der Waals surface area contributed by atoms with E-state index in [0.717, 1.165) is 22.9 Å². The number of nitrogens with zero attached hydrogens (tertiary/aromatic N) is 1. The second-order valence-electron chi connectivity index (χ2n) is 5.02. The highest BCUT2D eigenvalue weighted by molar-refractivity contribution is 9.10. The number of benzene rings is 2. The molecule has 110 valence electrons. The molecule has 1 atom stereocenters. The molecular weight excluding hydrogens is 332 g/mol. The lowest BCUT2D eigenvalue weighted by atomic mass is 9.99. The molecule has 0 bridgehead atoms. The Balaban J connectivity index is 1.93. The Morgan fingerprint density at radius 2 is 1.81 bits per heavy atom. The van der Waals surface area contributed by atoms with Crippen LogP contribution >= 0.6 is 15.9 Å². The van der Waals surface area contributed by atoms with E-state index >= 15 is 0 Å². The maximum Gasteiger partial charge on any atom is 0.272 e. The SMILES string of the molecule is NC(CCc1ccccc1[N+](=O)[O-])Cc1ccc(Br)cc1. The van der Waals surface area contributed by atoms with E-state index < -0.39 is 0 Å². The van der Waals surface area contributed by atoms with Gasteiger partial charge in [0.05, 0.1) is 4.92 Å². The molecule has 0 aromatic heterocycles. The second kappa shape index (κ2) is 7.33. The van der Waals surface area contributed by atoms with Gasteiger partial charge in [-0.25, -0.2) is 0 Å². The number of nitrogens with two attached hydrogens (primary N) is 1. The average Bonchev–Trinajstić information content (AvgIpc) is 2.48. The highest BCUT2D eigenvalue weighted by atomic mass is 79.9. The Morgan fingerprint density at radius 1 is 1.14 bits per heavy atom. The van der Waals surface area contributed by atoms with Crippen molar-refractivity contribution in [2.75, 3.05) is 0 Å². The normalized spacial score (nSPS) is 12.1. The van der Waals surface area contributed by atoms with Crippen LogP contribution in [0.5, 0.6) is 0 Å². The number of nitro benzene ring substituents is 1. The van der Waals surface area contributed by atoms with E-state index in [0.29, 0.717) is 6.42 Å². The summed E-state index contributed by atoms with van der Waals surface area (Å²) in [6.45, 7) is 0. The summed E-state index contributed by atoms with van der Waals surface area (Å²) >= 11 is 3.40. The maximum atomic E-state index is 11.0. The van der Waals surface area contributed by atoms with Crippen LogP contribution in [0, 0.1) is 10.1 Å². The molecule has 4 nitrogen and oxygen atoms in total. The summed E-state index contributed by atoms with van der Waals surface area (Å²) in [5.74, 6) is 0. The van der Waals surface area contributed by atoms with Crippen molar-refractivity contribution >= 4 is 21.6 Å². The van der Waals surface area contributed by atoms with Gasteiger partial charge >= 0.3 is 0 Å². The lowest BCUT2D eigenvalue weighted by Crippen LogP contribution is -2.23. The lowest BCUT2D eigenvalue weighted by Gasteiger charge is -2.12. The van der Waals surface area contributed by atoms with Crippen LogP contribution in [0.2, 0.25) is 0 Å². The number of para-hydroxylation sites is 1. The summed E-state index contributed by atoms with van der Waals surface area (Å²) in [6.07, 6.45) is 2.11. The van der Waals surface area contributed by atoms with Gasteiger partial charge in [-0.1, -0.05) is 46.3 Å². The Labute approximate surface area is 132 Å². The van der Waals surface area contributed by atoms with E-state index in [2.05, 4.69) is 15.9 Å². The van der Waals surface area contributed by atoms with E-state index in [1.807, 2.05) is 30.3 Å². The molecule has 0 saturated carbocycles. The zero-order valence-electron chi connectivity index (χ0n) is 11.5. The second-order valence-corrected chi connectivity index (χ2v) is 5.93. The van der Waals surface area contributed by atoms with E-state index in [1.165, 1.54) is 11.6 Å². The molecule has 2 aromatic carbocycles. The minimum Gasteiger partial charge on any atom is -0.327 e. The van der Waals surface area contributed by atoms with Gasteiger partial charge in [0.15, 0.2) is 0 Å². The van der Waals surface area contributed by atoms with Crippen molar-refractivity contribution in [3.8, 4) is 0 Å². The Morgan fingerprint density at radius 3 is 2.48 bits per heavy atom. The highest BCUT2D eigenvalue weighted by Crippen LogP contribution is 2.20. The molecule has 0 aliphatic rings. The third-order valence-corrected chi connectivity index (χ3v) is 3.91. The fourth-order valence-corrected chi connectivity index (χ4v) is 2.53. The van der Waals surface area contributed by atoms with Crippen LogP contribution < -0.4 is 5.73 Å². The van der Waals surface area contributed by atoms with Gasteiger partial charge in [0, 0.05) is 22.1 Å². The minimum atomic E-state index is -0.338. The molecule has 2 rings (SSSR count). The van der Waals surface area contributed by atoms with Crippen molar-refractivity contribution in [1.82, 2.24) is 0 Å². The van der Waals surface area contributed by atoms with Crippen LogP contribution in [0.25, 0.3) is 0 Å². The average molecular weight is 349 g/mol. The van der Waals surface area contributed by atoms with Crippen molar-refractivity contribution in [2.45, 2.75) is 25.3 Å². The summed E-state index contributed by atoms with van der Waals surface area (Å²) in [6, 6.07) is 14.9. The summed E-state index contributed by atoms with van der Waals surface area (Å²) in [5, 5.41) is 11.0. The van der Waals surface area contributed by atoms with Gasteiger partial charge in [0.2, 0.25) is 0 Å². The third-order valence-electron chi connectivity index (χ3n) is 3.38. The van der Waals surface area contributed by atoms with Crippen LogP contribution in [-0.2, 0) is 12.8 Å². The van der Waals surface area contributed by atoms with Gasteiger partial charge in [-0.3, -0.25) is 10.1 Å². The molecule has 0 fully saturated rings. The van der Waals surface area contributed by atoms with Crippen LogP contribution in [0.15, 0.2) is 53.0 Å². The number of nitro groups is 1.